The van der Waals surface area contributed by atoms with Crippen LogP contribution in [0.1, 0.15) is 5.69 Å². The van der Waals surface area contributed by atoms with E-state index in [4.69, 9.17) is 10.8 Å². The van der Waals surface area contributed by atoms with Gasteiger partial charge in [-0.3, -0.25) is 13.9 Å². The molecule has 7 nitrogen and oxygen atoms in total. The molecule has 0 spiro atoms. The highest BCUT2D eigenvalue weighted by Crippen LogP contribution is 2.27. The van der Waals surface area contributed by atoms with Crippen molar-refractivity contribution in [2.45, 2.75) is 12.7 Å². The second-order valence-electron chi connectivity index (χ2n) is 5.35. The molecule has 1 aromatic carbocycles. The maximum atomic E-state index is 12.9. The number of rotatable bonds is 2. The van der Waals surface area contributed by atoms with Crippen LogP contribution in [0, 0.1) is 12.3 Å². The fourth-order valence-corrected chi connectivity index (χ4v) is 2.57. The second-order valence-corrected chi connectivity index (χ2v) is 5.35. The minimum atomic E-state index is -4.85. The van der Waals surface area contributed by atoms with E-state index in [1.54, 1.807) is 0 Å². The van der Waals surface area contributed by atoms with Crippen LogP contribution in [-0.4, -0.2) is 13.7 Å². The first kappa shape index (κ1) is 17.3. The molecule has 10 heteroatoms. The zero-order valence-corrected chi connectivity index (χ0v) is 13.2. The van der Waals surface area contributed by atoms with Crippen LogP contribution in [-0.2, 0) is 19.8 Å². The third kappa shape index (κ3) is 2.63. The summed E-state index contributed by atoms with van der Waals surface area (Å²) in [5.41, 5.74) is -3.36. The van der Waals surface area contributed by atoms with E-state index in [1.807, 2.05) is 0 Å². The highest BCUT2D eigenvalue weighted by Gasteiger charge is 2.35. The van der Waals surface area contributed by atoms with E-state index in [0.29, 0.717) is 15.2 Å². The Labute approximate surface area is 142 Å². The van der Waals surface area contributed by atoms with Gasteiger partial charge in [0.2, 0.25) is 0 Å². The van der Waals surface area contributed by atoms with Gasteiger partial charge in [0.05, 0.1) is 17.7 Å². The predicted molar refractivity (Wildman–Crippen MR) is 85.1 cm³/mol. The largest absolute Gasteiger partial charge is 0.431 e. The summed E-state index contributed by atoms with van der Waals surface area (Å²) in [4.78, 5) is 36.2. The van der Waals surface area contributed by atoms with Gasteiger partial charge in [-0.25, -0.2) is 14.2 Å². The Kier molecular flexibility index (Phi) is 3.87. The van der Waals surface area contributed by atoms with Gasteiger partial charge in [-0.15, -0.1) is 6.42 Å². The van der Waals surface area contributed by atoms with Crippen LogP contribution in [0.2, 0.25) is 0 Å². The molecule has 26 heavy (non-hydrogen) atoms. The zero-order valence-electron chi connectivity index (χ0n) is 13.2. The van der Waals surface area contributed by atoms with Gasteiger partial charge in [-0.2, -0.15) is 13.2 Å². The molecule has 134 valence electrons. The maximum Gasteiger partial charge on any atom is 0.431 e. The molecule has 0 unspecified atom stereocenters. The van der Waals surface area contributed by atoms with Gasteiger partial charge in [0.15, 0.2) is 5.58 Å². The lowest BCUT2D eigenvalue weighted by molar-refractivity contribution is -0.144. The molecule has 0 aliphatic carbocycles. The SMILES string of the molecule is C#CCn1c(=O)oc2ccc(-n3c(=O)cc(C(F)(F)F)n(C)c3=O)cc21. The van der Waals surface area contributed by atoms with Crippen molar-refractivity contribution >= 4 is 11.1 Å². The molecular weight excluding hydrogens is 355 g/mol. The van der Waals surface area contributed by atoms with E-state index in [2.05, 4.69) is 5.92 Å². The van der Waals surface area contributed by atoms with Crippen LogP contribution >= 0.6 is 0 Å². The Hall–Kier alpha value is -3.48. The summed E-state index contributed by atoms with van der Waals surface area (Å²) in [6.45, 7) is -0.116. The van der Waals surface area contributed by atoms with Crippen molar-refractivity contribution in [3.63, 3.8) is 0 Å². The molecule has 0 amide bonds. The van der Waals surface area contributed by atoms with Crippen molar-refractivity contribution in [2.75, 3.05) is 0 Å². The van der Waals surface area contributed by atoms with Gasteiger partial charge < -0.3 is 4.42 Å². The molecule has 3 aromatic rings. The molecule has 0 radical (unpaired) electrons. The summed E-state index contributed by atoms with van der Waals surface area (Å²) in [5.74, 6) is 1.53. The van der Waals surface area contributed by atoms with Crippen LogP contribution in [0.5, 0.6) is 0 Å². The molecule has 2 heterocycles. The van der Waals surface area contributed by atoms with E-state index in [1.165, 1.54) is 18.2 Å². The van der Waals surface area contributed by atoms with Gasteiger partial charge in [-0.05, 0) is 18.2 Å². The summed E-state index contributed by atoms with van der Waals surface area (Å²) in [6, 6.07) is 4.20. The van der Waals surface area contributed by atoms with Crippen LogP contribution in [0.4, 0.5) is 13.2 Å². The van der Waals surface area contributed by atoms with Crippen molar-refractivity contribution in [3.05, 3.63) is 61.3 Å². The molecule has 0 N–H and O–H groups in total. The zero-order chi connectivity index (χ0) is 19.2. The second kappa shape index (κ2) is 5.80. The predicted octanol–water partition coefficient (Wildman–Crippen LogP) is 1.10. The van der Waals surface area contributed by atoms with Gasteiger partial charge in [0.25, 0.3) is 5.56 Å². The number of benzene rings is 1. The van der Waals surface area contributed by atoms with Crippen molar-refractivity contribution < 1.29 is 17.6 Å². The van der Waals surface area contributed by atoms with Crippen LogP contribution in [0.3, 0.4) is 0 Å². The number of hydrogen-bond donors (Lipinski definition) is 0. The topological polar surface area (TPSA) is 79.1 Å². The number of alkyl halides is 3. The summed E-state index contributed by atoms with van der Waals surface area (Å²) >= 11 is 0. The lowest BCUT2D eigenvalue weighted by Gasteiger charge is -2.13. The van der Waals surface area contributed by atoms with Gasteiger partial charge in [0, 0.05) is 13.1 Å². The molecule has 0 fully saturated rings. The smallest absolute Gasteiger partial charge is 0.408 e. The maximum absolute atomic E-state index is 12.9. The summed E-state index contributed by atoms with van der Waals surface area (Å²) in [7, 11) is 0.908. The minimum Gasteiger partial charge on any atom is -0.408 e. The first-order valence-corrected chi connectivity index (χ1v) is 7.12. The molecule has 0 saturated carbocycles. The third-order valence-corrected chi connectivity index (χ3v) is 3.77. The lowest BCUT2D eigenvalue weighted by atomic mass is 10.2. The van der Waals surface area contributed by atoms with Crippen molar-refractivity contribution in [1.29, 1.82) is 0 Å². The van der Waals surface area contributed by atoms with Gasteiger partial charge >= 0.3 is 17.6 Å². The highest BCUT2D eigenvalue weighted by molar-refractivity contribution is 5.75. The fourth-order valence-electron chi connectivity index (χ4n) is 2.57. The number of terminal acetylenes is 1. The Bertz CT molecular complexity index is 1240. The van der Waals surface area contributed by atoms with E-state index in [-0.39, 0.29) is 23.3 Å². The Morgan fingerprint density at radius 1 is 1.19 bits per heavy atom. The standard InChI is InChI=1S/C16H10F3N3O4/c1-3-6-21-10-7-9(4-5-11(10)26-15(21)25)22-13(23)8-12(16(17,18)19)20(2)14(22)24/h1,4-5,7-8H,6H2,2H3. The monoisotopic (exact) mass is 365 g/mol. The molecule has 3 rings (SSSR count). The van der Waals surface area contributed by atoms with E-state index < -0.39 is 28.9 Å². The molecule has 2 aromatic heterocycles. The molecule has 0 saturated heterocycles. The number of nitrogens with zero attached hydrogens (tertiary/aromatic N) is 3. The molecular formula is C16H10F3N3O4. The van der Waals surface area contributed by atoms with Crippen LogP contribution in [0.25, 0.3) is 16.8 Å². The number of aromatic nitrogens is 3. The number of halogens is 3. The summed E-state index contributed by atoms with van der Waals surface area (Å²) < 4.78 is 45.7. The Morgan fingerprint density at radius 3 is 2.50 bits per heavy atom. The normalized spacial score (nSPS) is 11.7. The first-order chi connectivity index (χ1) is 12.1. The average molecular weight is 365 g/mol. The van der Waals surface area contributed by atoms with E-state index in [9.17, 15) is 27.6 Å². The van der Waals surface area contributed by atoms with E-state index in [0.717, 1.165) is 11.6 Å². The summed E-state index contributed by atoms with van der Waals surface area (Å²) in [5, 5.41) is 0. The number of oxazole rings is 1. The van der Waals surface area contributed by atoms with Crippen LogP contribution in [0.15, 0.2) is 43.1 Å². The number of fused-ring (bicyclic) bond motifs is 1. The van der Waals surface area contributed by atoms with Crippen molar-refractivity contribution in [1.82, 2.24) is 13.7 Å². The van der Waals surface area contributed by atoms with E-state index >= 15 is 0 Å². The number of hydrogen-bond acceptors (Lipinski definition) is 4. The fraction of sp³-hybridized carbons (Fsp3) is 0.188. The Morgan fingerprint density at radius 2 is 1.88 bits per heavy atom. The lowest BCUT2D eigenvalue weighted by Crippen LogP contribution is -2.40. The first-order valence-electron chi connectivity index (χ1n) is 7.12. The molecule has 0 atom stereocenters. The highest BCUT2D eigenvalue weighted by atomic mass is 19.4. The van der Waals surface area contributed by atoms with Crippen LogP contribution < -0.4 is 17.0 Å². The summed E-state index contributed by atoms with van der Waals surface area (Å²) in [6.07, 6.45) is 0.335. The minimum absolute atomic E-state index is 0.0246. The Balaban J connectivity index is 2.31. The van der Waals surface area contributed by atoms with Gasteiger partial charge in [0.1, 0.15) is 5.69 Å². The van der Waals surface area contributed by atoms with Crippen molar-refractivity contribution in [2.24, 2.45) is 7.05 Å². The third-order valence-electron chi connectivity index (χ3n) is 3.77. The van der Waals surface area contributed by atoms with Gasteiger partial charge in [-0.1, -0.05) is 5.92 Å². The quantitative estimate of drug-likeness (QED) is 0.637. The molecule has 0 aliphatic heterocycles. The molecule has 0 aliphatic rings. The molecule has 0 bridgehead atoms. The average Bonchev–Trinajstić information content (AvgIpc) is 2.86. The van der Waals surface area contributed by atoms with Crippen molar-refractivity contribution in [3.8, 4) is 18.0 Å².